The molecule has 0 saturated heterocycles. The number of benzene rings is 1. The molecule has 0 spiro atoms. The number of nitrogens with one attached hydrogen (secondary N) is 2. The van der Waals surface area contributed by atoms with Crippen molar-refractivity contribution in [3.63, 3.8) is 0 Å². The van der Waals surface area contributed by atoms with E-state index in [0.29, 0.717) is 5.69 Å². The van der Waals surface area contributed by atoms with Gasteiger partial charge < -0.3 is 0 Å². The molecule has 0 saturated carbocycles. The first kappa shape index (κ1) is 18.4. The van der Waals surface area contributed by atoms with Gasteiger partial charge in [0.2, 0.25) is 0 Å². The minimum atomic E-state index is -0.240. The molecule has 0 unspecified atom stereocenters. The number of aryl methyl sites for hydroxylation is 2. The van der Waals surface area contributed by atoms with Crippen LogP contribution in [-0.4, -0.2) is 21.8 Å². The van der Waals surface area contributed by atoms with Gasteiger partial charge in [-0.1, -0.05) is 50.5 Å². The van der Waals surface area contributed by atoms with E-state index in [1.54, 1.807) is 0 Å². The minimum Gasteiger partial charge on any atom is -0.281 e. The number of hydrogen-bond acceptors (Lipinski definition) is 3. The second-order valence-corrected chi connectivity index (χ2v) is 7.03. The van der Waals surface area contributed by atoms with Crippen molar-refractivity contribution in [2.24, 2.45) is 5.10 Å². The van der Waals surface area contributed by atoms with Crippen LogP contribution < -0.4 is 5.43 Å². The number of H-pyrrole nitrogens is 1. The Labute approximate surface area is 155 Å². The number of amides is 1. The standard InChI is InChI=1S/C21H28N4O/c1-3-4-5-6-8-16-11-13-17(14-12-16)15(2)22-25-21(26)20-18-9-7-10-19(18)23-24-20/h11-14H,3-10H2,1-2H3,(H,23,24)(H,25,26)/b22-15+. The average molecular weight is 352 g/mol. The molecule has 138 valence electrons. The van der Waals surface area contributed by atoms with E-state index in [9.17, 15) is 4.79 Å². The summed E-state index contributed by atoms with van der Waals surface area (Å²) in [5.41, 5.74) is 8.43. The van der Waals surface area contributed by atoms with Gasteiger partial charge in [0.1, 0.15) is 0 Å². The van der Waals surface area contributed by atoms with Gasteiger partial charge in [-0.15, -0.1) is 0 Å². The van der Waals surface area contributed by atoms with Crippen LogP contribution in [0, 0.1) is 0 Å². The maximum atomic E-state index is 12.3. The minimum absolute atomic E-state index is 0.240. The molecule has 1 aliphatic carbocycles. The van der Waals surface area contributed by atoms with Crippen molar-refractivity contribution >= 4 is 11.6 Å². The normalized spacial score (nSPS) is 13.7. The van der Waals surface area contributed by atoms with E-state index in [1.807, 2.05) is 6.92 Å². The number of hydrogen-bond donors (Lipinski definition) is 2. The molecule has 1 aromatic heterocycles. The lowest BCUT2D eigenvalue weighted by molar-refractivity contribution is 0.0949. The maximum Gasteiger partial charge on any atom is 0.292 e. The molecular formula is C21H28N4O. The molecule has 0 radical (unpaired) electrons. The quantitative estimate of drug-likeness (QED) is 0.425. The second-order valence-electron chi connectivity index (χ2n) is 7.03. The van der Waals surface area contributed by atoms with Crippen molar-refractivity contribution in [1.29, 1.82) is 0 Å². The molecule has 0 aliphatic heterocycles. The van der Waals surface area contributed by atoms with Gasteiger partial charge >= 0.3 is 0 Å². The number of hydrazone groups is 1. The van der Waals surface area contributed by atoms with Gasteiger partial charge in [0.25, 0.3) is 5.91 Å². The van der Waals surface area contributed by atoms with Gasteiger partial charge in [-0.3, -0.25) is 9.89 Å². The van der Waals surface area contributed by atoms with Gasteiger partial charge in [0, 0.05) is 11.3 Å². The highest BCUT2D eigenvalue weighted by molar-refractivity contribution is 6.00. The summed E-state index contributed by atoms with van der Waals surface area (Å²) in [5.74, 6) is -0.240. The number of aromatic amines is 1. The van der Waals surface area contributed by atoms with E-state index < -0.39 is 0 Å². The zero-order chi connectivity index (χ0) is 18.4. The monoisotopic (exact) mass is 352 g/mol. The molecule has 1 aliphatic rings. The third-order valence-electron chi connectivity index (χ3n) is 5.04. The fraction of sp³-hybridized carbons (Fsp3) is 0.476. The lowest BCUT2D eigenvalue weighted by Gasteiger charge is -2.05. The number of fused-ring (bicyclic) bond motifs is 1. The van der Waals surface area contributed by atoms with E-state index in [0.717, 1.165) is 48.2 Å². The summed E-state index contributed by atoms with van der Waals surface area (Å²) in [4.78, 5) is 12.3. The number of nitrogens with zero attached hydrogens (tertiary/aromatic N) is 2. The molecule has 2 N–H and O–H groups in total. The van der Waals surface area contributed by atoms with E-state index in [-0.39, 0.29) is 5.91 Å². The molecule has 3 rings (SSSR count). The Balaban J connectivity index is 1.56. The Hall–Kier alpha value is -2.43. The largest absolute Gasteiger partial charge is 0.292 e. The van der Waals surface area contributed by atoms with Crippen LogP contribution in [0.15, 0.2) is 29.4 Å². The Kier molecular flexibility index (Phi) is 6.21. The van der Waals surface area contributed by atoms with E-state index in [2.05, 4.69) is 51.9 Å². The SMILES string of the molecule is CCCCCCc1ccc(/C(C)=N/NC(=O)c2n[nH]c3c2CCC3)cc1. The third-order valence-corrected chi connectivity index (χ3v) is 5.04. The van der Waals surface area contributed by atoms with Crippen molar-refractivity contribution in [1.82, 2.24) is 15.6 Å². The van der Waals surface area contributed by atoms with E-state index in [4.69, 9.17) is 0 Å². The first-order valence-electron chi connectivity index (χ1n) is 9.69. The average Bonchev–Trinajstić information content (AvgIpc) is 3.27. The third kappa shape index (κ3) is 4.40. The fourth-order valence-electron chi connectivity index (χ4n) is 3.43. The Morgan fingerprint density at radius 2 is 2.00 bits per heavy atom. The van der Waals surface area contributed by atoms with Crippen molar-refractivity contribution in [3.8, 4) is 0 Å². The molecular weight excluding hydrogens is 324 g/mol. The Bertz CT molecular complexity index is 774. The highest BCUT2D eigenvalue weighted by Crippen LogP contribution is 2.22. The summed E-state index contributed by atoms with van der Waals surface area (Å²) in [6, 6.07) is 8.46. The molecule has 0 atom stereocenters. The highest BCUT2D eigenvalue weighted by Gasteiger charge is 2.22. The molecule has 0 fully saturated rings. The van der Waals surface area contributed by atoms with Crippen LogP contribution in [0.1, 0.15) is 78.8 Å². The predicted octanol–water partition coefficient (Wildman–Crippen LogP) is 4.18. The molecule has 0 bridgehead atoms. The van der Waals surface area contributed by atoms with Crippen LogP contribution in [0.5, 0.6) is 0 Å². The lowest BCUT2D eigenvalue weighted by atomic mass is 10.0. The maximum absolute atomic E-state index is 12.3. The first-order valence-corrected chi connectivity index (χ1v) is 9.69. The van der Waals surface area contributed by atoms with Gasteiger partial charge in [-0.2, -0.15) is 10.2 Å². The molecule has 26 heavy (non-hydrogen) atoms. The first-order chi connectivity index (χ1) is 12.7. The number of aromatic nitrogens is 2. The summed E-state index contributed by atoms with van der Waals surface area (Å²) in [6.07, 6.45) is 9.20. The number of carbonyl (C=O) groups is 1. The van der Waals surface area contributed by atoms with Crippen LogP contribution >= 0.6 is 0 Å². The zero-order valence-electron chi connectivity index (χ0n) is 15.8. The summed E-state index contributed by atoms with van der Waals surface area (Å²) in [7, 11) is 0. The predicted molar refractivity (Wildman–Crippen MR) is 105 cm³/mol. The van der Waals surface area contributed by atoms with Crippen LogP contribution in [-0.2, 0) is 19.3 Å². The summed E-state index contributed by atoms with van der Waals surface area (Å²) >= 11 is 0. The Morgan fingerprint density at radius 3 is 2.77 bits per heavy atom. The summed E-state index contributed by atoms with van der Waals surface area (Å²) < 4.78 is 0. The van der Waals surface area contributed by atoms with E-state index in [1.165, 1.54) is 31.2 Å². The van der Waals surface area contributed by atoms with Gasteiger partial charge in [0.15, 0.2) is 5.69 Å². The second kappa shape index (κ2) is 8.79. The van der Waals surface area contributed by atoms with Crippen molar-refractivity contribution < 1.29 is 4.79 Å². The zero-order valence-corrected chi connectivity index (χ0v) is 15.8. The summed E-state index contributed by atoms with van der Waals surface area (Å²) in [5, 5.41) is 11.3. The van der Waals surface area contributed by atoms with Crippen molar-refractivity contribution in [2.45, 2.75) is 65.2 Å². The topological polar surface area (TPSA) is 70.1 Å². The van der Waals surface area contributed by atoms with Crippen molar-refractivity contribution in [2.75, 3.05) is 0 Å². The number of carbonyl (C=O) groups excluding carboxylic acids is 1. The van der Waals surface area contributed by atoms with Crippen molar-refractivity contribution in [3.05, 3.63) is 52.3 Å². The highest BCUT2D eigenvalue weighted by atomic mass is 16.2. The number of unbranched alkanes of at least 4 members (excludes halogenated alkanes) is 3. The van der Waals surface area contributed by atoms with Gasteiger partial charge in [0.05, 0.1) is 5.71 Å². The lowest BCUT2D eigenvalue weighted by Crippen LogP contribution is -2.21. The number of rotatable bonds is 8. The smallest absolute Gasteiger partial charge is 0.281 e. The molecule has 2 aromatic rings. The van der Waals surface area contributed by atoms with Crippen LogP contribution in [0.4, 0.5) is 0 Å². The Morgan fingerprint density at radius 1 is 1.19 bits per heavy atom. The fourth-order valence-corrected chi connectivity index (χ4v) is 3.43. The molecule has 1 amide bonds. The van der Waals surface area contributed by atoms with E-state index >= 15 is 0 Å². The molecule has 5 nitrogen and oxygen atoms in total. The van der Waals surface area contributed by atoms with Crippen LogP contribution in [0.25, 0.3) is 0 Å². The van der Waals surface area contributed by atoms with Crippen LogP contribution in [0.2, 0.25) is 0 Å². The molecule has 5 heteroatoms. The summed E-state index contributed by atoms with van der Waals surface area (Å²) in [6.45, 7) is 4.14. The molecule has 1 aromatic carbocycles. The van der Waals surface area contributed by atoms with Gasteiger partial charge in [-0.25, -0.2) is 5.43 Å². The van der Waals surface area contributed by atoms with Crippen LogP contribution in [0.3, 0.4) is 0 Å². The van der Waals surface area contributed by atoms with Gasteiger partial charge in [-0.05, 0) is 50.2 Å². The molecule has 1 heterocycles.